The van der Waals surface area contributed by atoms with Gasteiger partial charge in [-0.25, -0.2) is 4.79 Å². The van der Waals surface area contributed by atoms with Crippen molar-refractivity contribution < 1.29 is 24.2 Å². The number of hydrogen-bond donors (Lipinski definition) is 2. The number of amides is 2. The molecule has 0 aromatic heterocycles. The van der Waals surface area contributed by atoms with E-state index in [0.717, 1.165) is 4.90 Å². The molecule has 27 heavy (non-hydrogen) atoms. The van der Waals surface area contributed by atoms with Crippen molar-refractivity contribution in [3.05, 3.63) is 71.4 Å². The van der Waals surface area contributed by atoms with E-state index < -0.39 is 17.5 Å². The van der Waals surface area contributed by atoms with Gasteiger partial charge in [-0.15, -0.1) is 0 Å². The van der Waals surface area contributed by atoms with Crippen molar-refractivity contribution in [1.29, 1.82) is 0 Å². The van der Waals surface area contributed by atoms with Crippen molar-refractivity contribution in [2.75, 3.05) is 6.61 Å². The Labute approximate surface area is 154 Å². The summed E-state index contributed by atoms with van der Waals surface area (Å²) in [6.07, 6.45) is 1.44. The molecule has 2 amide bonds. The van der Waals surface area contributed by atoms with Crippen molar-refractivity contribution >= 4 is 23.9 Å². The summed E-state index contributed by atoms with van der Waals surface area (Å²) in [7, 11) is 0. The first-order chi connectivity index (χ1) is 13.0. The number of aliphatic carboxylic acids is 1. The van der Waals surface area contributed by atoms with Gasteiger partial charge >= 0.3 is 5.97 Å². The van der Waals surface area contributed by atoms with Gasteiger partial charge in [0, 0.05) is 5.56 Å². The molecular formula is C20H16N2O5. The number of carbonyl (C=O) groups excluding carboxylic acids is 2. The quantitative estimate of drug-likeness (QED) is 0.788. The number of nitrogens with one attached hydrogen (secondary N) is 1. The highest BCUT2D eigenvalue weighted by atomic mass is 16.5. The van der Waals surface area contributed by atoms with E-state index in [4.69, 9.17) is 4.74 Å². The number of carboxylic acid groups (broad SMARTS) is 1. The fraction of sp³-hybridized carbons (Fsp3) is 0.150. The van der Waals surface area contributed by atoms with E-state index in [9.17, 15) is 19.5 Å². The zero-order chi connectivity index (χ0) is 19.0. The van der Waals surface area contributed by atoms with Gasteiger partial charge in [0.1, 0.15) is 11.4 Å². The van der Waals surface area contributed by atoms with Crippen molar-refractivity contribution in [3.63, 3.8) is 0 Å². The van der Waals surface area contributed by atoms with E-state index in [2.05, 4.69) is 5.32 Å². The Kier molecular flexibility index (Phi) is 3.92. The van der Waals surface area contributed by atoms with Gasteiger partial charge in [0.05, 0.1) is 6.42 Å². The van der Waals surface area contributed by atoms with Crippen molar-refractivity contribution in [3.8, 4) is 5.75 Å². The van der Waals surface area contributed by atoms with Crippen LogP contribution in [0.1, 0.15) is 17.5 Å². The van der Waals surface area contributed by atoms with Crippen molar-refractivity contribution in [1.82, 2.24) is 10.2 Å². The average molecular weight is 364 g/mol. The molecule has 0 aliphatic carbocycles. The minimum absolute atomic E-state index is 0.00822. The third-order valence-corrected chi connectivity index (χ3v) is 4.66. The summed E-state index contributed by atoms with van der Waals surface area (Å²) >= 11 is 0. The lowest BCUT2D eigenvalue weighted by atomic mass is 9.79. The molecule has 2 heterocycles. The molecule has 2 aliphatic rings. The van der Waals surface area contributed by atoms with Crippen LogP contribution in [0.3, 0.4) is 0 Å². The monoisotopic (exact) mass is 364 g/mol. The number of nitrogens with zero attached hydrogens (tertiary/aromatic N) is 1. The normalized spacial score (nSPS) is 19.9. The zero-order valence-electron chi connectivity index (χ0n) is 14.2. The van der Waals surface area contributed by atoms with Crippen LogP contribution in [0.15, 0.2) is 60.3 Å². The lowest BCUT2D eigenvalue weighted by Crippen LogP contribution is -2.70. The molecule has 0 spiro atoms. The first-order valence-corrected chi connectivity index (χ1v) is 8.38. The summed E-state index contributed by atoms with van der Waals surface area (Å²) in [5.74, 6) is -1.49. The van der Waals surface area contributed by atoms with Gasteiger partial charge in [0.2, 0.25) is 5.91 Å². The van der Waals surface area contributed by atoms with Crippen LogP contribution in [0, 0.1) is 0 Å². The molecule has 2 N–H and O–H groups in total. The van der Waals surface area contributed by atoms with Crippen LogP contribution >= 0.6 is 0 Å². The van der Waals surface area contributed by atoms with Crippen molar-refractivity contribution in [2.45, 2.75) is 12.1 Å². The number of carboxylic acids is 1. The molecular weight excluding hydrogens is 348 g/mol. The second-order valence-electron chi connectivity index (χ2n) is 6.34. The highest BCUT2D eigenvalue weighted by molar-refractivity contribution is 6.03. The minimum atomic E-state index is -1.23. The lowest BCUT2D eigenvalue weighted by Gasteiger charge is -2.54. The van der Waals surface area contributed by atoms with Gasteiger partial charge in [-0.2, -0.15) is 0 Å². The van der Waals surface area contributed by atoms with Crippen LogP contribution in [0.4, 0.5) is 0 Å². The SMILES string of the molecule is O=C(COc1ccccc1)NC12CC(=O)N1C(C(=O)O)=Cc1ccccc12. The van der Waals surface area contributed by atoms with E-state index in [-0.39, 0.29) is 24.6 Å². The summed E-state index contributed by atoms with van der Waals surface area (Å²) in [6, 6.07) is 16.0. The summed E-state index contributed by atoms with van der Waals surface area (Å²) in [5, 5.41) is 12.3. The van der Waals surface area contributed by atoms with E-state index >= 15 is 0 Å². The van der Waals surface area contributed by atoms with Crippen LogP contribution < -0.4 is 10.1 Å². The number of para-hydroxylation sites is 1. The van der Waals surface area contributed by atoms with Crippen molar-refractivity contribution in [2.24, 2.45) is 0 Å². The van der Waals surface area contributed by atoms with E-state index in [1.54, 1.807) is 48.5 Å². The molecule has 1 atom stereocenters. The van der Waals surface area contributed by atoms with Gasteiger partial charge in [0.15, 0.2) is 12.3 Å². The number of β-lactam (4-membered cyclic amide) rings is 1. The Bertz CT molecular complexity index is 969. The Morgan fingerprint density at radius 1 is 1.11 bits per heavy atom. The van der Waals surface area contributed by atoms with E-state index in [1.165, 1.54) is 6.08 Å². The van der Waals surface area contributed by atoms with Crippen LogP contribution in [-0.2, 0) is 20.0 Å². The number of benzene rings is 2. The molecule has 2 aromatic carbocycles. The standard InChI is InChI=1S/C20H16N2O5/c23-17(12-27-14-7-2-1-3-8-14)21-20-11-18(24)22(20)16(19(25)26)10-13-6-4-5-9-15(13)20/h1-10H,11-12H2,(H,21,23)(H,25,26). The van der Waals surface area contributed by atoms with Gasteiger partial charge in [-0.3, -0.25) is 14.5 Å². The highest BCUT2D eigenvalue weighted by Crippen LogP contribution is 2.47. The number of fused-ring (bicyclic) bond motifs is 3. The largest absolute Gasteiger partial charge is 0.484 e. The van der Waals surface area contributed by atoms with E-state index in [1.807, 2.05) is 6.07 Å². The fourth-order valence-electron chi connectivity index (χ4n) is 3.52. The maximum absolute atomic E-state index is 12.5. The van der Waals surface area contributed by atoms with E-state index in [0.29, 0.717) is 16.9 Å². The number of carbonyl (C=O) groups is 3. The molecule has 1 fully saturated rings. The Balaban J connectivity index is 1.62. The van der Waals surface area contributed by atoms with Gasteiger partial charge < -0.3 is 15.2 Å². The fourth-order valence-corrected chi connectivity index (χ4v) is 3.52. The van der Waals surface area contributed by atoms with Gasteiger partial charge in [-0.1, -0.05) is 42.5 Å². The zero-order valence-corrected chi connectivity index (χ0v) is 14.2. The Morgan fingerprint density at radius 2 is 1.81 bits per heavy atom. The molecule has 136 valence electrons. The third-order valence-electron chi connectivity index (χ3n) is 4.66. The van der Waals surface area contributed by atoms with Gasteiger partial charge in [0.25, 0.3) is 5.91 Å². The summed E-state index contributed by atoms with van der Waals surface area (Å²) in [6.45, 7) is -0.248. The maximum atomic E-state index is 12.5. The molecule has 4 rings (SSSR count). The average Bonchev–Trinajstić information content (AvgIpc) is 2.66. The molecule has 7 nitrogen and oxygen atoms in total. The van der Waals surface area contributed by atoms with Gasteiger partial charge in [-0.05, 0) is 23.8 Å². The predicted molar refractivity (Wildman–Crippen MR) is 95.3 cm³/mol. The maximum Gasteiger partial charge on any atom is 0.352 e. The number of ether oxygens (including phenoxy) is 1. The van der Waals surface area contributed by atoms with Crippen LogP contribution in [0.25, 0.3) is 6.08 Å². The summed E-state index contributed by atoms with van der Waals surface area (Å²) in [5.41, 5.74) is -0.0207. The highest BCUT2D eigenvalue weighted by Gasteiger charge is 2.58. The summed E-state index contributed by atoms with van der Waals surface area (Å²) in [4.78, 5) is 37.5. The first-order valence-electron chi connectivity index (χ1n) is 8.38. The molecule has 2 aliphatic heterocycles. The molecule has 0 saturated carbocycles. The van der Waals surface area contributed by atoms with Crippen LogP contribution in [-0.4, -0.2) is 34.4 Å². The topological polar surface area (TPSA) is 95.9 Å². The second-order valence-corrected chi connectivity index (χ2v) is 6.34. The smallest absolute Gasteiger partial charge is 0.352 e. The Hall–Kier alpha value is -3.61. The predicted octanol–water partition coefficient (Wildman–Crippen LogP) is 1.71. The molecule has 7 heteroatoms. The summed E-state index contributed by atoms with van der Waals surface area (Å²) < 4.78 is 5.46. The van der Waals surface area contributed by atoms with Crippen LogP contribution in [0.2, 0.25) is 0 Å². The second kappa shape index (κ2) is 6.28. The van der Waals surface area contributed by atoms with Crippen LogP contribution in [0.5, 0.6) is 5.75 Å². The number of rotatable bonds is 5. The molecule has 2 aromatic rings. The molecule has 1 saturated heterocycles. The minimum Gasteiger partial charge on any atom is -0.484 e. The molecule has 0 radical (unpaired) electrons. The molecule has 1 unspecified atom stereocenters. The third kappa shape index (κ3) is 2.73. The lowest BCUT2D eigenvalue weighted by molar-refractivity contribution is -0.164. The molecule has 0 bridgehead atoms. The number of hydrogen-bond acceptors (Lipinski definition) is 4. The first kappa shape index (κ1) is 16.8. The Morgan fingerprint density at radius 3 is 2.52 bits per heavy atom.